The number of nitrogens with zero attached hydrogens (tertiary/aromatic N) is 2. The zero-order valence-electron chi connectivity index (χ0n) is 22.4. The lowest BCUT2D eigenvalue weighted by Crippen LogP contribution is -1.96. The second-order valence-electron chi connectivity index (χ2n) is 10.4. The summed E-state index contributed by atoms with van der Waals surface area (Å²) in [6, 6.07) is 48.9. The van der Waals surface area contributed by atoms with E-state index >= 15 is 0 Å². The number of hydrogen-bond acceptors (Lipinski definition) is 2. The average Bonchev–Trinajstić information content (AvgIpc) is 3.57. The molecule has 0 spiro atoms. The van der Waals surface area contributed by atoms with E-state index in [9.17, 15) is 0 Å². The lowest BCUT2D eigenvalue weighted by Gasteiger charge is -2.07. The van der Waals surface area contributed by atoms with Gasteiger partial charge in [0.2, 0.25) is 0 Å². The number of hydrogen-bond donors (Lipinski definition) is 0. The summed E-state index contributed by atoms with van der Waals surface area (Å²) in [6.45, 7) is 0.526. The summed E-state index contributed by atoms with van der Waals surface area (Å²) in [5, 5.41) is 4.74. The summed E-state index contributed by atoms with van der Waals surface area (Å²) in [7, 11) is 0. The summed E-state index contributed by atoms with van der Waals surface area (Å²) in [6.07, 6.45) is 1.98. The first-order valence-corrected chi connectivity index (χ1v) is 13.9. The summed E-state index contributed by atoms with van der Waals surface area (Å²) in [5.74, 6) is 0. The molecule has 8 aromatic rings. The van der Waals surface area contributed by atoms with Gasteiger partial charge in [-0.25, -0.2) is 0 Å². The number of aliphatic imine (C=N–C) groups is 1. The van der Waals surface area contributed by atoms with Crippen molar-refractivity contribution in [3.63, 3.8) is 0 Å². The number of rotatable bonds is 5. The van der Waals surface area contributed by atoms with Crippen LogP contribution in [0.1, 0.15) is 5.56 Å². The molecule has 6 aromatic carbocycles. The molecule has 2 heterocycles. The Morgan fingerprint density at radius 3 is 2.20 bits per heavy atom. The molecule has 0 fully saturated rings. The summed E-state index contributed by atoms with van der Waals surface area (Å²) in [5.41, 5.74) is 9.88. The third-order valence-electron chi connectivity index (χ3n) is 7.95. The second kappa shape index (κ2) is 9.65. The van der Waals surface area contributed by atoms with Crippen molar-refractivity contribution in [3.8, 4) is 22.3 Å². The van der Waals surface area contributed by atoms with Crippen molar-refractivity contribution in [2.45, 2.75) is 6.67 Å². The van der Waals surface area contributed by atoms with E-state index in [2.05, 4.69) is 126 Å². The summed E-state index contributed by atoms with van der Waals surface area (Å²) in [4.78, 5) is 4.92. The van der Waals surface area contributed by atoms with Crippen LogP contribution in [0.2, 0.25) is 0 Å². The zero-order valence-corrected chi connectivity index (χ0v) is 22.4. The van der Waals surface area contributed by atoms with Gasteiger partial charge in [-0.05, 0) is 46.5 Å². The highest BCUT2D eigenvalue weighted by atomic mass is 16.3. The highest BCUT2D eigenvalue weighted by molar-refractivity contribution is 6.12. The number of aromatic nitrogens is 1. The molecule has 0 amide bonds. The molecular weight excluding hydrogens is 500 g/mol. The maximum absolute atomic E-state index is 6.36. The maximum atomic E-state index is 6.36. The van der Waals surface area contributed by atoms with Crippen molar-refractivity contribution in [1.82, 2.24) is 4.57 Å². The Morgan fingerprint density at radius 1 is 0.537 bits per heavy atom. The first kappa shape index (κ1) is 23.5. The van der Waals surface area contributed by atoms with Gasteiger partial charge in [-0.2, -0.15) is 0 Å². The number of benzene rings is 6. The fourth-order valence-electron chi connectivity index (χ4n) is 6.00. The van der Waals surface area contributed by atoms with Gasteiger partial charge in [0.05, 0.1) is 11.0 Å². The largest absolute Gasteiger partial charge is 0.455 e. The van der Waals surface area contributed by atoms with E-state index in [1.165, 1.54) is 27.4 Å². The molecule has 0 N–H and O–H groups in total. The van der Waals surface area contributed by atoms with Crippen LogP contribution < -0.4 is 0 Å². The first-order chi connectivity index (χ1) is 20.3. The fraction of sp³-hybridized carbons (Fsp3) is 0.0263. The predicted octanol–water partition coefficient (Wildman–Crippen LogP) is 10.1. The van der Waals surface area contributed by atoms with Gasteiger partial charge in [0.1, 0.15) is 17.8 Å². The van der Waals surface area contributed by atoms with Crippen LogP contribution in [-0.4, -0.2) is 10.8 Å². The Morgan fingerprint density at radius 2 is 1.27 bits per heavy atom. The highest BCUT2D eigenvalue weighted by Crippen LogP contribution is 2.38. The van der Waals surface area contributed by atoms with E-state index < -0.39 is 0 Å². The molecule has 0 saturated heterocycles. The van der Waals surface area contributed by atoms with Crippen LogP contribution in [0.15, 0.2) is 149 Å². The Kier molecular flexibility index (Phi) is 5.53. The van der Waals surface area contributed by atoms with Crippen molar-refractivity contribution in [3.05, 3.63) is 145 Å². The van der Waals surface area contributed by atoms with Crippen molar-refractivity contribution >= 4 is 50.0 Å². The van der Waals surface area contributed by atoms with Crippen LogP contribution in [0.5, 0.6) is 0 Å². The molecule has 0 bridgehead atoms. The SMILES string of the molecule is C(=NCn1c2ccccc2c2ccc(-c3cccc4c3oc3ccccc34)cc21)c1cccc(-c2ccccc2)c1. The van der Waals surface area contributed by atoms with Crippen LogP contribution in [-0.2, 0) is 6.67 Å². The van der Waals surface area contributed by atoms with E-state index in [4.69, 9.17) is 9.41 Å². The number of fused-ring (bicyclic) bond motifs is 6. The first-order valence-electron chi connectivity index (χ1n) is 13.9. The molecule has 3 nitrogen and oxygen atoms in total. The minimum Gasteiger partial charge on any atom is -0.455 e. The molecule has 0 aliphatic heterocycles. The quantitative estimate of drug-likeness (QED) is 0.205. The van der Waals surface area contributed by atoms with Gasteiger partial charge in [0.15, 0.2) is 0 Å². The topological polar surface area (TPSA) is 30.4 Å². The predicted molar refractivity (Wildman–Crippen MR) is 172 cm³/mol. The average molecular weight is 527 g/mol. The van der Waals surface area contributed by atoms with Crippen LogP contribution in [0, 0.1) is 0 Å². The van der Waals surface area contributed by atoms with E-state index in [1.807, 2.05) is 24.4 Å². The fourth-order valence-corrected chi connectivity index (χ4v) is 6.00. The molecule has 0 atom stereocenters. The van der Waals surface area contributed by atoms with Gasteiger partial charge in [-0.1, -0.05) is 115 Å². The molecule has 0 saturated carbocycles. The molecule has 3 heteroatoms. The minimum atomic E-state index is 0.526. The zero-order chi connectivity index (χ0) is 27.2. The van der Waals surface area contributed by atoms with Crippen LogP contribution in [0.4, 0.5) is 0 Å². The second-order valence-corrected chi connectivity index (χ2v) is 10.4. The maximum Gasteiger partial charge on any atom is 0.143 e. The smallest absolute Gasteiger partial charge is 0.143 e. The van der Waals surface area contributed by atoms with Gasteiger partial charge in [-0.15, -0.1) is 0 Å². The monoisotopic (exact) mass is 526 g/mol. The van der Waals surface area contributed by atoms with E-state index in [0.29, 0.717) is 6.67 Å². The number of para-hydroxylation sites is 3. The Balaban J connectivity index is 1.22. The third kappa shape index (κ3) is 4.02. The molecule has 2 aromatic heterocycles. The van der Waals surface area contributed by atoms with Crippen LogP contribution in [0.25, 0.3) is 66.0 Å². The third-order valence-corrected chi connectivity index (χ3v) is 7.95. The van der Waals surface area contributed by atoms with E-state index in [1.54, 1.807) is 0 Å². The molecular formula is C38H26N2O. The van der Waals surface area contributed by atoms with Crippen molar-refractivity contribution < 1.29 is 4.42 Å². The lowest BCUT2D eigenvalue weighted by molar-refractivity contribution is 0.670. The van der Waals surface area contributed by atoms with Crippen LogP contribution in [0.3, 0.4) is 0 Å². The lowest BCUT2D eigenvalue weighted by atomic mass is 10.0. The highest BCUT2D eigenvalue weighted by Gasteiger charge is 2.15. The van der Waals surface area contributed by atoms with E-state index in [0.717, 1.165) is 44.1 Å². The molecule has 0 aliphatic rings. The van der Waals surface area contributed by atoms with Gasteiger partial charge < -0.3 is 8.98 Å². The minimum absolute atomic E-state index is 0.526. The molecule has 0 radical (unpaired) electrons. The van der Waals surface area contributed by atoms with E-state index in [-0.39, 0.29) is 0 Å². The summed E-state index contributed by atoms with van der Waals surface area (Å²) >= 11 is 0. The normalized spacial score (nSPS) is 11.9. The summed E-state index contributed by atoms with van der Waals surface area (Å²) < 4.78 is 8.67. The molecule has 194 valence electrons. The van der Waals surface area contributed by atoms with Crippen LogP contribution >= 0.6 is 0 Å². The van der Waals surface area contributed by atoms with Crippen molar-refractivity contribution in [1.29, 1.82) is 0 Å². The van der Waals surface area contributed by atoms with Crippen molar-refractivity contribution in [2.24, 2.45) is 4.99 Å². The Hall–Kier alpha value is -5.41. The van der Waals surface area contributed by atoms with Gasteiger partial charge in [0.25, 0.3) is 0 Å². The molecule has 8 rings (SSSR count). The van der Waals surface area contributed by atoms with Gasteiger partial charge in [0, 0.05) is 33.3 Å². The Bertz CT molecular complexity index is 2230. The molecule has 41 heavy (non-hydrogen) atoms. The standard InChI is InChI=1S/C38H26N2O/c1-2-11-27(12-3-1)28-13-8-10-26(22-28)24-39-25-40-35-18-6-4-14-31(35)32-21-20-29(23-36(32)40)30-16-9-17-34-33-15-5-7-19-37(33)41-38(30)34/h1-24H,25H2. The Labute approximate surface area is 237 Å². The van der Waals surface area contributed by atoms with Gasteiger partial charge >= 0.3 is 0 Å². The van der Waals surface area contributed by atoms with Gasteiger partial charge in [-0.3, -0.25) is 4.99 Å². The molecule has 0 aliphatic carbocycles. The number of furan rings is 1. The van der Waals surface area contributed by atoms with Crippen molar-refractivity contribution in [2.75, 3.05) is 0 Å². The molecule has 0 unspecified atom stereocenters.